The number of anilines is 1. The van der Waals surface area contributed by atoms with Crippen LogP contribution < -0.4 is 10.2 Å². The molecule has 2 heteroatoms. The highest BCUT2D eigenvalue weighted by molar-refractivity contribution is 5.55. The van der Waals surface area contributed by atoms with Gasteiger partial charge in [0.25, 0.3) is 0 Å². The monoisotopic (exact) mass is 244 g/mol. The molecule has 1 aromatic carbocycles. The molecule has 0 radical (unpaired) electrons. The first-order chi connectivity index (χ1) is 8.86. The molecule has 1 aliphatic heterocycles. The zero-order chi connectivity index (χ0) is 12.4. The highest BCUT2D eigenvalue weighted by Gasteiger charge is 2.28. The Hall–Kier alpha value is -1.02. The highest BCUT2D eigenvalue weighted by Crippen LogP contribution is 2.33. The van der Waals surface area contributed by atoms with Crippen molar-refractivity contribution in [3.8, 4) is 0 Å². The molecule has 3 rings (SSSR count). The van der Waals surface area contributed by atoms with E-state index in [1.54, 1.807) is 0 Å². The van der Waals surface area contributed by atoms with Gasteiger partial charge in [-0.3, -0.25) is 0 Å². The van der Waals surface area contributed by atoms with E-state index in [4.69, 9.17) is 0 Å². The first kappa shape index (κ1) is 12.0. The molecule has 1 N–H and O–H groups in total. The van der Waals surface area contributed by atoms with Crippen molar-refractivity contribution in [2.45, 2.75) is 45.2 Å². The van der Waals surface area contributed by atoms with Crippen molar-refractivity contribution < 1.29 is 0 Å². The summed E-state index contributed by atoms with van der Waals surface area (Å²) in [6.45, 7) is 5.70. The Kier molecular flexibility index (Phi) is 3.55. The maximum atomic E-state index is 3.54. The van der Waals surface area contributed by atoms with Gasteiger partial charge in [-0.2, -0.15) is 0 Å². The van der Waals surface area contributed by atoms with Crippen LogP contribution >= 0.6 is 0 Å². The predicted molar refractivity (Wildman–Crippen MR) is 76.9 cm³/mol. The van der Waals surface area contributed by atoms with Crippen LogP contribution in [0.5, 0.6) is 0 Å². The van der Waals surface area contributed by atoms with Gasteiger partial charge in [0.1, 0.15) is 0 Å². The van der Waals surface area contributed by atoms with Crippen molar-refractivity contribution in [2.24, 2.45) is 5.92 Å². The lowest BCUT2D eigenvalue weighted by atomic mass is 9.97. The van der Waals surface area contributed by atoms with Gasteiger partial charge < -0.3 is 10.2 Å². The number of hydrogen-bond donors (Lipinski definition) is 1. The third kappa shape index (κ3) is 2.26. The number of para-hydroxylation sites is 1. The fraction of sp³-hybridized carbons (Fsp3) is 0.625. The molecule has 0 amide bonds. The number of fused-ring (bicyclic) bond motifs is 1. The smallest absolute Gasteiger partial charge is 0.0414 e. The predicted octanol–water partition coefficient (Wildman–Crippen LogP) is 3.17. The van der Waals surface area contributed by atoms with E-state index < -0.39 is 0 Å². The Morgan fingerprint density at radius 3 is 2.83 bits per heavy atom. The second-order valence-corrected chi connectivity index (χ2v) is 5.78. The van der Waals surface area contributed by atoms with Crippen molar-refractivity contribution in [1.82, 2.24) is 5.32 Å². The van der Waals surface area contributed by atoms with E-state index in [9.17, 15) is 0 Å². The first-order valence-corrected chi connectivity index (χ1v) is 7.41. The number of rotatable bonds is 2. The Morgan fingerprint density at radius 1 is 1.22 bits per heavy atom. The van der Waals surface area contributed by atoms with Crippen LogP contribution in [0.3, 0.4) is 0 Å². The van der Waals surface area contributed by atoms with Gasteiger partial charge in [-0.1, -0.05) is 31.0 Å². The molecule has 1 saturated carbocycles. The summed E-state index contributed by atoms with van der Waals surface area (Å²) in [6, 6.07) is 9.59. The van der Waals surface area contributed by atoms with Crippen molar-refractivity contribution in [3.63, 3.8) is 0 Å². The van der Waals surface area contributed by atoms with E-state index in [1.807, 2.05) is 0 Å². The van der Waals surface area contributed by atoms with E-state index in [0.717, 1.165) is 25.6 Å². The van der Waals surface area contributed by atoms with Gasteiger partial charge >= 0.3 is 0 Å². The van der Waals surface area contributed by atoms with Crippen LogP contribution in [0.1, 0.15) is 38.2 Å². The highest BCUT2D eigenvalue weighted by atomic mass is 15.2. The second-order valence-electron chi connectivity index (χ2n) is 5.78. The zero-order valence-electron chi connectivity index (χ0n) is 11.4. The number of nitrogens with one attached hydrogen (secondary N) is 1. The van der Waals surface area contributed by atoms with Crippen LogP contribution in [0, 0.1) is 5.92 Å². The summed E-state index contributed by atoms with van der Waals surface area (Å²) in [5.74, 6) is 0.899. The molecule has 1 aromatic rings. The molecular formula is C16H24N2. The molecule has 1 heterocycles. The molecule has 1 aliphatic carbocycles. The average molecular weight is 244 g/mol. The quantitative estimate of drug-likeness (QED) is 0.859. The molecule has 18 heavy (non-hydrogen) atoms. The molecule has 0 bridgehead atoms. The van der Waals surface area contributed by atoms with Crippen molar-refractivity contribution in [1.29, 1.82) is 0 Å². The maximum absolute atomic E-state index is 3.54. The minimum Gasteiger partial charge on any atom is -0.367 e. The molecule has 1 atom stereocenters. The molecule has 2 nitrogen and oxygen atoms in total. The Balaban J connectivity index is 1.86. The summed E-state index contributed by atoms with van der Waals surface area (Å²) >= 11 is 0. The molecular weight excluding hydrogens is 220 g/mol. The molecule has 1 fully saturated rings. The van der Waals surface area contributed by atoms with Crippen LogP contribution in [0.2, 0.25) is 0 Å². The molecule has 1 unspecified atom stereocenters. The molecule has 0 spiro atoms. The van der Waals surface area contributed by atoms with Crippen LogP contribution in [-0.2, 0) is 6.54 Å². The van der Waals surface area contributed by atoms with E-state index in [-0.39, 0.29) is 0 Å². The maximum Gasteiger partial charge on any atom is 0.0414 e. The normalized spacial score (nSPS) is 22.6. The van der Waals surface area contributed by atoms with Crippen LogP contribution in [-0.4, -0.2) is 19.1 Å². The summed E-state index contributed by atoms with van der Waals surface area (Å²) in [6.07, 6.45) is 5.71. The van der Waals surface area contributed by atoms with Crippen molar-refractivity contribution in [3.05, 3.63) is 29.8 Å². The number of nitrogens with zero attached hydrogens (tertiary/aromatic N) is 1. The van der Waals surface area contributed by atoms with Gasteiger partial charge in [-0.25, -0.2) is 0 Å². The van der Waals surface area contributed by atoms with Crippen LogP contribution in [0.25, 0.3) is 0 Å². The molecule has 98 valence electrons. The Labute approximate surface area is 110 Å². The van der Waals surface area contributed by atoms with Crippen LogP contribution in [0.15, 0.2) is 24.3 Å². The lowest BCUT2D eigenvalue weighted by Gasteiger charge is -2.35. The summed E-state index contributed by atoms with van der Waals surface area (Å²) in [5.41, 5.74) is 2.92. The van der Waals surface area contributed by atoms with Crippen molar-refractivity contribution >= 4 is 5.69 Å². The molecule has 2 aliphatic rings. The standard InChI is InChI=1S/C16H24N2/c1-13(14-6-2-3-7-14)18-11-10-17-12-15-8-4-5-9-16(15)18/h4-5,8-9,13-14,17H,2-3,6-7,10-12H2,1H3. The lowest BCUT2D eigenvalue weighted by Crippen LogP contribution is -2.40. The summed E-state index contributed by atoms with van der Waals surface area (Å²) in [4.78, 5) is 2.64. The van der Waals surface area contributed by atoms with Gasteiger partial charge in [0.15, 0.2) is 0 Å². The Bertz CT molecular complexity index is 396. The number of hydrogen-bond acceptors (Lipinski definition) is 2. The van der Waals surface area contributed by atoms with E-state index in [2.05, 4.69) is 41.4 Å². The fourth-order valence-electron chi connectivity index (χ4n) is 3.60. The van der Waals surface area contributed by atoms with E-state index in [0.29, 0.717) is 6.04 Å². The SMILES string of the molecule is CC(C1CCCC1)N1CCNCc2ccccc21. The van der Waals surface area contributed by atoms with Gasteiger partial charge in [0.05, 0.1) is 0 Å². The largest absolute Gasteiger partial charge is 0.367 e. The van der Waals surface area contributed by atoms with Crippen LogP contribution in [0.4, 0.5) is 5.69 Å². The fourth-order valence-corrected chi connectivity index (χ4v) is 3.60. The van der Waals surface area contributed by atoms with Crippen molar-refractivity contribution in [2.75, 3.05) is 18.0 Å². The zero-order valence-corrected chi connectivity index (χ0v) is 11.4. The third-order valence-electron chi connectivity index (χ3n) is 4.72. The van der Waals surface area contributed by atoms with E-state index >= 15 is 0 Å². The molecule has 0 saturated heterocycles. The topological polar surface area (TPSA) is 15.3 Å². The average Bonchev–Trinajstić information content (AvgIpc) is 2.85. The Morgan fingerprint density at radius 2 is 2.00 bits per heavy atom. The summed E-state index contributed by atoms with van der Waals surface area (Å²) < 4.78 is 0. The minimum absolute atomic E-state index is 0.688. The lowest BCUT2D eigenvalue weighted by molar-refractivity contribution is 0.427. The second kappa shape index (κ2) is 5.31. The van der Waals surface area contributed by atoms with Gasteiger partial charge in [-0.15, -0.1) is 0 Å². The van der Waals surface area contributed by atoms with Gasteiger partial charge in [0.2, 0.25) is 0 Å². The summed E-state index contributed by atoms with van der Waals surface area (Å²) in [7, 11) is 0. The third-order valence-corrected chi connectivity index (χ3v) is 4.72. The molecule has 0 aromatic heterocycles. The first-order valence-electron chi connectivity index (χ1n) is 7.41. The number of benzene rings is 1. The minimum atomic E-state index is 0.688. The summed E-state index contributed by atoms with van der Waals surface area (Å²) in [5, 5.41) is 3.54. The van der Waals surface area contributed by atoms with E-state index in [1.165, 1.54) is 36.9 Å². The van der Waals surface area contributed by atoms with Gasteiger partial charge in [0, 0.05) is 31.4 Å². The van der Waals surface area contributed by atoms with Gasteiger partial charge in [-0.05, 0) is 37.3 Å².